The monoisotopic (exact) mass is 527 g/mol. The van der Waals surface area contributed by atoms with E-state index in [1.54, 1.807) is 17.8 Å². The van der Waals surface area contributed by atoms with Crippen molar-refractivity contribution in [3.8, 4) is 33.6 Å². The van der Waals surface area contributed by atoms with Gasteiger partial charge < -0.3 is 14.6 Å². The molecule has 0 aliphatic heterocycles. The minimum absolute atomic E-state index is 0.129. The van der Waals surface area contributed by atoms with Crippen molar-refractivity contribution in [1.29, 1.82) is 0 Å². The summed E-state index contributed by atoms with van der Waals surface area (Å²) in [4.78, 5) is 15.0. The summed E-state index contributed by atoms with van der Waals surface area (Å²) in [5, 5.41) is 10.5. The summed E-state index contributed by atoms with van der Waals surface area (Å²) in [6.07, 6.45) is 2.80. The van der Waals surface area contributed by atoms with Crippen molar-refractivity contribution in [1.82, 2.24) is 4.98 Å². The van der Waals surface area contributed by atoms with E-state index in [0.717, 1.165) is 64.1 Å². The highest BCUT2D eigenvalue weighted by molar-refractivity contribution is 7.99. The molecule has 0 unspecified atom stereocenters. The predicted octanol–water partition coefficient (Wildman–Crippen LogP) is 7.77. The van der Waals surface area contributed by atoms with Crippen molar-refractivity contribution in [2.75, 3.05) is 12.4 Å². The standard InChI is InChI=1S/C27H26ClNO4S2/c1-2-7-18-16-21(33-20-8-4-3-5-9-20)11-12-23(18)32-14-6-15-34-24-13-10-19(17-22(24)28)25-26(30)29-27(31)35-25/h3-5,8-13,16-17,30H,2,6-7,14-15H2,1H3,(H,29,31). The van der Waals surface area contributed by atoms with Crippen LogP contribution >= 0.6 is 34.7 Å². The largest absolute Gasteiger partial charge is 0.493 e. The van der Waals surface area contributed by atoms with Crippen LogP contribution in [0.1, 0.15) is 25.3 Å². The number of aromatic amines is 1. The van der Waals surface area contributed by atoms with Gasteiger partial charge in [0.05, 0.1) is 16.5 Å². The van der Waals surface area contributed by atoms with Gasteiger partial charge in [-0.05, 0) is 66.4 Å². The zero-order chi connectivity index (χ0) is 24.6. The molecular weight excluding hydrogens is 502 g/mol. The van der Waals surface area contributed by atoms with E-state index in [2.05, 4.69) is 18.0 Å². The molecule has 0 aliphatic rings. The molecule has 0 saturated heterocycles. The van der Waals surface area contributed by atoms with Crippen LogP contribution in [0.25, 0.3) is 10.4 Å². The highest BCUT2D eigenvalue weighted by Gasteiger charge is 2.12. The van der Waals surface area contributed by atoms with Crippen LogP contribution in [0.3, 0.4) is 0 Å². The van der Waals surface area contributed by atoms with Crippen molar-refractivity contribution < 1.29 is 14.6 Å². The molecule has 0 fully saturated rings. The molecule has 1 aromatic heterocycles. The Morgan fingerprint density at radius 3 is 2.60 bits per heavy atom. The third kappa shape index (κ3) is 6.84. The number of hydrogen-bond donors (Lipinski definition) is 2. The molecule has 2 N–H and O–H groups in total. The number of rotatable bonds is 11. The van der Waals surface area contributed by atoms with Gasteiger partial charge in [-0.3, -0.25) is 9.78 Å². The number of benzene rings is 3. The number of aromatic hydroxyl groups is 1. The van der Waals surface area contributed by atoms with Crippen LogP contribution in [-0.4, -0.2) is 22.5 Å². The fraction of sp³-hybridized carbons (Fsp3) is 0.222. The van der Waals surface area contributed by atoms with Crippen molar-refractivity contribution in [3.63, 3.8) is 0 Å². The number of aromatic nitrogens is 1. The molecule has 0 atom stereocenters. The summed E-state index contributed by atoms with van der Waals surface area (Å²) in [6.45, 7) is 2.75. The summed E-state index contributed by atoms with van der Waals surface area (Å²) in [6, 6.07) is 21.3. The lowest BCUT2D eigenvalue weighted by molar-refractivity contribution is 0.314. The lowest BCUT2D eigenvalue weighted by Crippen LogP contribution is -2.02. The summed E-state index contributed by atoms with van der Waals surface area (Å²) in [5.74, 6) is 3.23. The highest BCUT2D eigenvalue weighted by atomic mass is 35.5. The molecule has 3 aromatic carbocycles. The number of para-hydroxylation sites is 1. The molecule has 4 rings (SSSR count). The van der Waals surface area contributed by atoms with Gasteiger partial charge in [0.2, 0.25) is 5.88 Å². The normalized spacial score (nSPS) is 10.9. The van der Waals surface area contributed by atoms with E-state index in [9.17, 15) is 9.90 Å². The molecule has 0 saturated carbocycles. The van der Waals surface area contributed by atoms with Gasteiger partial charge in [-0.15, -0.1) is 11.8 Å². The van der Waals surface area contributed by atoms with Crippen molar-refractivity contribution >= 4 is 34.7 Å². The molecule has 0 amide bonds. The molecule has 0 spiro atoms. The predicted molar refractivity (Wildman–Crippen MR) is 145 cm³/mol. The Kier molecular flexibility index (Phi) is 8.79. The van der Waals surface area contributed by atoms with Crippen LogP contribution in [-0.2, 0) is 6.42 Å². The van der Waals surface area contributed by atoms with Gasteiger partial charge in [0.1, 0.15) is 17.2 Å². The molecular formula is C27H26ClNO4S2. The SMILES string of the molecule is CCCc1cc(Oc2ccccc2)ccc1OCCCSc1ccc(-c2sc(=O)[nH]c2O)cc1Cl. The van der Waals surface area contributed by atoms with Crippen LogP contribution in [0.4, 0.5) is 0 Å². The molecule has 0 aliphatic carbocycles. The van der Waals surface area contributed by atoms with Crippen LogP contribution < -0.4 is 14.3 Å². The molecule has 1 heterocycles. The number of nitrogens with one attached hydrogen (secondary N) is 1. The van der Waals surface area contributed by atoms with Crippen molar-refractivity contribution in [2.45, 2.75) is 31.1 Å². The summed E-state index contributed by atoms with van der Waals surface area (Å²) < 4.78 is 12.1. The Hall–Kier alpha value is -2.87. The number of ether oxygens (including phenoxy) is 2. The Morgan fingerprint density at radius 2 is 1.89 bits per heavy atom. The Balaban J connectivity index is 1.30. The fourth-order valence-electron chi connectivity index (χ4n) is 3.55. The third-order valence-electron chi connectivity index (χ3n) is 5.16. The van der Waals surface area contributed by atoms with Crippen molar-refractivity contribution in [2.24, 2.45) is 0 Å². The lowest BCUT2D eigenvalue weighted by atomic mass is 10.1. The van der Waals surface area contributed by atoms with Gasteiger partial charge in [0, 0.05) is 10.6 Å². The quantitative estimate of drug-likeness (QED) is 0.154. The van der Waals surface area contributed by atoms with Crippen LogP contribution in [0.15, 0.2) is 76.4 Å². The maximum absolute atomic E-state index is 11.4. The van der Waals surface area contributed by atoms with Crippen LogP contribution in [0.2, 0.25) is 5.02 Å². The second-order valence-corrected chi connectivity index (χ2v) is 10.3. The maximum atomic E-state index is 11.4. The van der Waals surface area contributed by atoms with Gasteiger partial charge in [-0.2, -0.15) is 0 Å². The average Bonchev–Trinajstić information content (AvgIpc) is 3.19. The van der Waals surface area contributed by atoms with Crippen LogP contribution in [0.5, 0.6) is 23.1 Å². The smallest absolute Gasteiger partial charge is 0.307 e. The number of thioether (sulfide) groups is 1. The molecule has 182 valence electrons. The first-order chi connectivity index (χ1) is 17.0. The van der Waals surface area contributed by atoms with E-state index in [4.69, 9.17) is 21.1 Å². The summed E-state index contributed by atoms with van der Waals surface area (Å²) in [7, 11) is 0. The number of thiazole rings is 1. The second-order valence-electron chi connectivity index (χ2n) is 7.82. The molecule has 5 nitrogen and oxygen atoms in total. The molecule has 0 bridgehead atoms. The van der Waals surface area contributed by atoms with E-state index in [1.807, 2.05) is 54.6 Å². The number of aryl methyl sites for hydroxylation is 1. The zero-order valence-electron chi connectivity index (χ0n) is 19.3. The van der Waals surface area contributed by atoms with E-state index >= 15 is 0 Å². The van der Waals surface area contributed by atoms with E-state index in [1.165, 1.54) is 0 Å². The van der Waals surface area contributed by atoms with Gasteiger partial charge in [-0.1, -0.05) is 60.5 Å². The van der Waals surface area contributed by atoms with Crippen LogP contribution in [0, 0.1) is 0 Å². The van der Waals surface area contributed by atoms with Gasteiger partial charge in [-0.25, -0.2) is 0 Å². The lowest BCUT2D eigenvalue weighted by Gasteiger charge is -2.14. The first-order valence-corrected chi connectivity index (χ1v) is 13.5. The third-order valence-corrected chi connectivity index (χ3v) is 7.66. The van der Waals surface area contributed by atoms with Gasteiger partial charge in [0.25, 0.3) is 0 Å². The number of hydrogen-bond acceptors (Lipinski definition) is 6. The molecule has 4 aromatic rings. The fourth-order valence-corrected chi connectivity index (χ4v) is 5.46. The van der Waals surface area contributed by atoms with Gasteiger partial charge >= 0.3 is 4.87 Å². The maximum Gasteiger partial charge on any atom is 0.307 e. The first kappa shape index (κ1) is 25.2. The van der Waals surface area contributed by atoms with E-state index < -0.39 is 0 Å². The number of H-pyrrole nitrogens is 1. The Bertz CT molecular complexity index is 1320. The second kappa shape index (κ2) is 12.2. The summed E-state index contributed by atoms with van der Waals surface area (Å²) >= 11 is 9.06. The zero-order valence-corrected chi connectivity index (χ0v) is 21.6. The highest BCUT2D eigenvalue weighted by Crippen LogP contribution is 2.36. The minimum Gasteiger partial charge on any atom is -0.493 e. The summed E-state index contributed by atoms with van der Waals surface area (Å²) in [5.41, 5.74) is 1.86. The first-order valence-electron chi connectivity index (χ1n) is 11.4. The Morgan fingerprint density at radius 1 is 1.06 bits per heavy atom. The van der Waals surface area contributed by atoms with E-state index in [0.29, 0.717) is 22.1 Å². The molecule has 8 heteroatoms. The van der Waals surface area contributed by atoms with Crippen molar-refractivity contribution in [3.05, 3.63) is 87.0 Å². The topological polar surface area (TPSA) is 71.5 Å². The Labute approximate surface area is 217 Å². The average molecular weight is 528 g/mol. The molecule has 0 radical (unpaired) electrons. The minimum atomic E-state index is -0.299. The van der Waals surface area contributed by atoms with E-state index in [-0.39, 0.29) is 10.8 Å². The number of halogens is 1. The molecule has 35 heavy (non-hydrogen) atoms. The van der Waals surface area contributed by atoms with Gasteiger partial charge in [0.15, 0.2) is 0 Å².